The number of benzene rings is 1. The van der Waals surface area contributed by atoms with Crippen molar-refractivity contribution in [2.75, 3.05) is 13.6 Å². The van der Waals surface area contributed by atoms with Gasteiger partial charge in [0, 0.05) is 20.6 Å². The highest BCUT2D eigenvalue weighted by atomic mass is 35.5. The zero-order valence-corrected chi connectivity index (χ0v) is 15.5. The van der Waals surface area contributed by atoms with Crippen molar-refractivity contribution < 1.29 is 9.53 Å². The van der Waals surface area contributed by atoms with E-state index in [4.69, 9.17) is 10.5 Å². The molecule has 2 aromatic rings. The van der Waals surface area contributed by atoms with E-state index in [1.165, 1.54) is 0 Å². The summed E-state index contributed by atoms with van der Waals surface area (Å²) in [5.41, 5.74) is 7.61. The van der Waals surface area contributed by atoms with Gasteiger partial charge in [0.15, 0.2) is 0 Å². The van der Waals surface area contributed by atoms with Crippen molar-refractivity contribution in [2.24, 2.45) is 12.8 Å². The molecular weight excluding hydrogens is 351 g/mol. The molecular formula is C16H24Cl2N4O2. The molecule has 0 saturated carbocycles. The fourth-order valence-corrected chi connectivity index (χ4v) is 2.93. The maximum atomic E-state index is 12.5. The molecule has 24 heavy (non-hydrogen) atoms. The maximum absolute atomic E-state index is 12.5. The summed E-state index contributed by atoms with van der Waals surface area (Å²) in [6.07, 6.45) is 1.24. The summed E-state index contributed by atoms with van der Waals surface area (Å²) in [5.74, 6) is 0.869. The van der Waals surface area contributed by atoms with Gasteiger partial charge in [0.1, 0.15) is 11.9 Å². The number of nitrogens with zero attached hydrogens (tertiary/aromatic N) is 3. The molecule has 2 atom stereocenters. The summed E-state index contributed by atoms with van der Waals surface area (Å²) in [6.45, 7) is 0.940. The summed E-state index contributed by atoms with van der Waals surface area (Å²) in [6, 6.07) is 7.96. The number of fused-ring (bicyclic) bond motifs is 1. The van der Waals surface area contributed by atoms with Gasteiger partial charge in [-0.1, -0.05) is 12.1 Å². The van der Waals surface area contributed by atoms with Crippen molar-refractivity contribution in [3.63, 3.8) is 0 Å². The van der Waals surface area contributed by atoms with Gasteiger partial charge in [0.05, 0.1) is 23.7 Å². The van der Waals surface area contributed by atoms with Crippen LogP contribution in [0.5, 0.6) is 0 Å². The lowest BCUT2D eigenvalue weighted by Gasteiger charge is -2.21. The number of para-hydroxylation sites is 2. The number of hydrogen-bond donors (Lipinski definition) is 1. The lowest BCUT2D eigenvalue weighted by molar-refractivity contribution is -0.142. The van der Waals surface area contributed by atoms with Crippen molar-refractivity contribution >= 4 is 41.8 Å². The number of amides is 1. The normalized spacial score (nSPS) is 19.6. The summed E-state index contributed by atoms with van der Waals surface area (Å²) >= 11 is 0. The standard InChI is InChI=1S/C16H22N4O2.2ClH/c1-19(16(21)14-8-7-11(9-17)22-14)10-15-18-12-5-3-4-6-13(12)20(15)2;;/h3-6,11,14H,7-10,17H2,1-2H3;2*1H/t11-,14+;;/m1../s1. The summed E-state index contributed by atoms with van der Waals surface area (Å²) < 4.78 is 7.70. The lowest BCUT2D eigenvalue weighted by atomic mass is 10.2. The first kappa shape index (κ1) is 20.7. The Bertz CT molecular complexity index is 692. The van der Waals surface area contributed by atoms with Crippen LogP contribution >= 0.6 is 24.8 Å². The first-order valence-corrected chi connectivity index (χ1v) is 7.61. The van der Waals surface area contributed by atoms with E-state index < -0.39 is 0 Å². The molecule has 0 radical (unpaired) electrons. The van der Waals surface area contributed by atoms with Crippen molar-refractivity contribution in [3.8, 4) is 0 Å². The van der Waals surface area contributed by atoms with E-state index in [1.54, 1.807) is 11.9 Å². The van der Waals surface area contributed by atoms with E-state index in [9.17, 15) is 4.79 Å². The average Bonchev–Trinajstić information content (AvgIpc) is 3.12. The highest BCUT2D eigenvalue weighted by Gasteiger charge is 2.32. The molecule has 1 fully saturated rings. The van der Waals surface area contributed by atoms with Crippen LogP contribution in [0, 0.1) is 0 Å². The number of nitrogens with two attached hydrogens (primary N) is 1. The first-order valence-electron chi connectivity index (χ1n) is 7.61. The number of aryl methyl sites for hydroxylation is 1. The van der Waals surface area contributed by atoms with E-state index in [2.05, 4.69) is 4.98 Å². The van der Waals surface area contributed by atoms with Gasteiger partial charge in [-0.05, 0) is 25.0 Å². The Kier molecular flexibility index (Phi) is 7.48. The van der Waals surface area contributed by atoms with Crippen LogP contribution in [0.4, 0.5) is 0 Å². The number of carbonyl (C=O) groups excluding carboxylic acids is 1. The van der Waals surface area contributed by atoms with Crippen LogP contribution in [0.3, 0.4) is 0 Å². The molecule has 0 bridgehead atoms. The molecule has 134 valence electrons. The quantitative estimate of drug-likeness (QED) is 0.886. The van der Waals surface area contributed by atoms with Gasteiger partial charge in [0.2, 0.25) is 0 Å². The van der Waals surface area contributed by atoms with Crippen LogP contribution in [0.25, 0.3) is 11.0 Å². The SMILES string of the molecule is CN(Cc1nc2ccccc2n1C)C(=O)[C@@H]1CC[C@H](CN)O1.Cl.Cl. The molecule has 1 aromatic carbocycles. The molecule has 1 amide bonds. The Morgan fingerprint density at radius 2 is 2.08 bits per heavy atom. The zero-order chi connectivity index (χ0) is 15.7. The minimum absolute atomic E-state index is 0. The van der Waals surface area contributed by atoms with E-state index in [-0.39, 0.29) is 42.9 Å². The second kappa shape index (κ2) is 8.67. The lowest BCUT2D eigenvalue weighted by Crippen LogP contribution is -2.37. The average molecular weight is 375 g/mol. The van der Waals surface area contributed by atoms with E-state index in [0.29, 0.717) is 13.1 Å². The second-order valence-electron chi connectivity index (χ2n) is 5.83. The smallest absolute Gasteiger partial charge is 0.251 e. The Morgan fingerprint density at radius 3 is 2.71 bits per heavy atom. The van der Waals surface area contributed by atoms with Gasteiger partial charge in [-0.15, -0.1) is 24.8 Å². The number of hydrogen-bond acceptors (Lipinski definition) is 4. The summed E-state index contributed by atoms with van der Waals surface area (Å²) in [5, 5.41) is 0. The summed E-state index contributed by atoms with van der Waals surface area (Å²) in [4.78, 5) is 18.7. The van der Waals surface area contributed by atoms with Crippen LogP contribution in [0.15, 0.2) is 24.3 Å². The van der Waals surface area contributed by atoms with Gasteiger partial charge in [0.25, 0.3) is 5.91 Å². The van der Waals surface area contributed by atoms with Crippen LogP contribution in [0.1, 0.15) is 18.7 Å². The Balaban J connectivity index is 0.00000144. The minimum atomic E-state index is -0.367. The van der Waals surface area contributed by atoms with E-state index in [1.807, 2.05) is 35.9 Å². The molecule has 2 heterocycles. The zero-order valence-electron chi connectivity index (χ0n) is 13.8. The highest BCUT2D eigenvalue weighted by Crippen LogP contribution is 2.21. The second-order valence-corrected chi connectivity index (χ2v) is 5.83. The molecule has 1 aromatic heterocycles. The van der Waals surface area contributed by atoms with Crippen LogP contribution in [-0.4, -0.2) is 46.2 Å². The first-order chi connectivity index (χ1) is 10.6. The number of aromatic nitrogens is 2. The van der Waals surface area contributed by atoms with Gasteiger partial charge in [-0.2, -0.15) is 0 Å². The third kappa shape index (κ3) is 4.00. The molecule has 1 aliphatic rings. The van der Waals surface area contributed by atoms with Crippen molar-refractivity contribution in [2.45, 2.75) is 31.6 Å². The minimum Gasteiger partial charge on any atom is -0.364 e. The molecule has 0 spiro atoms. The monoisotopic (exact) mass is 374 g/mol. The van der Waals surface area contributed by atoms with Crippen molar-refractivity contribution in [1.29, 1.82) is 0 Å². The Labute approximate surface area is 154 Å². The maximum Gasteiger partial charge on any atom is 0.251 e. The Hall–Kier alpha value is -1.34. The largest absolute Gasteiger partial charge is 0.364 e. The highest BCUT2D eigenvalue weighted by molar-refractivity contribution is 5.85. The molecule has 6 nitrogen and oxygen atoms in total. The molecule has 0 unspecified atom stereocenters. The predicted molar refractivity (Wildman–Crippen MR) is 98.6 cm³/mol. The third-order valence-corrected chi connectivity index (χ3v) is 4.28. The van der Waals surface area contributed by atoms with Crippen LogP contribution in [0.2, 0.25) is 0 Å². The molecule has 3 rings (SSSR count). The van der Waals surface area contributed by atoms with Crippen molar-refractivity contribution in [1.82, 2.24) is 14.5 Å². The van der Waals surface area contributed by atoms with Crippen LogP contribution < -0.4 is 5.73 Å². The van der Waals surface area contributed by atoms with E-state index in [0.717, 1.165) is 29.7 Å². The third-order valence-electron chi connectivity index (χ3n) is 4.28. The number of likely N-dealkylation sites (N-methyl/N-ethyl adjacent to an activating group) is 1. The summed E-state index contributed by atoms with van der Waals surface area (Å²) in [7, 11) is 3.76. The fraction of sp³-hybridized carbons (Fsp3) is 0.500. The number of imidazole rings is 1. The van der Waals surface area contributed by atoms with Gasteiger partial charge in [-0.3, -0.25) is 4.79 Å². The number of ether oxygens (including phenoxy) is 1. The van der Waals surface area contributed by atoms with Gasteiger partial charge >= 0.3 is 0 Å². The number of halogens is 2. The fourth-order valence-electron chi connectivity index (χ4n) is 2.93. The van der Waals surface area contributed by atoms with Crippen molar-refractivity contribution in [3.05, 3.63) is 30.1 Å². The number of rotatable bonds is 4. The van der Waals surface area contributed by atoms with E-state index >= 15 is 0 Å². The molecule has 1 aliphatic heterocycles. The Morgan fingerprint density at radius 1 is 1.38 bits per heavy atom. The number of carbonyl (C=O) groups is 1. The molecule has 1 saturated heterocycles. The molecule has 2 N–H and O–H groups in total. The topological polar surface area (TPSA) is 73.4 Å². The molecule has 8 heteroatoms. The van der Waals surface area contributed by atoms with Gasteiger partial charge in [-0.25, -0.2) is 4.98 Å². The predicted octanol–water partition coefficient (Wildman–Crippen LogP) is 1.88. The molecule has 0 aliphatic carbocycles. The van der Waals surface area contributed by atoms with Gasteiger partial charge < -0.3 is 19.9 Å². The van der Waals surface area contributed by atoms with Crippen LogP contribution in [-0.2, 0) is 23.1 Å².